The lowest BCUT2D eigenvalue weighted by Gasteiger charge is -2.36. The Kier molecular flexibility index (Phi) is 4.07. The molecule has 2 atom stereocenters. The highest BCUT2D eigenvalue weighted by atomic mass is 19.2. The fourth-order valence-corrected chi connectivity index (χ4v) is 3.14. The van der Waals surface area contributed by atoms with E-state index in [9.17, 15) is 13.2 Å². The van der Waals surface area contributed by atoms with Gasteiger partial charge in [0.05, 0.1) is 6.54 Å². The molecule has 1 saturated heterocycles. The Morgan fingerprint density at radius 3 is 2.32 bits per heavy atom. The van der Waals surface area contributed by atoms with Crippen LogP contribution in [0, 0.1) is 17.5 Å². The molecule has 2 nitrogen and oxygen atoms in total. The van der Waals surface area contributed by atoms with Gasteiger partial charge in [-0.25, -0.2) is 13.2 Å². The molecule has 0 aromatic heterocycles. The average molecular weight is 307 g/mol. The van der Waals surface area contributed by atoms with Crippen molar-refractivity contribution < 1.29 is 18.9 Å². The van der Waals surface area contributed by atoms with Crippen LogP contribution in [0.15, 0.2) is 42.5 Å². The Bertz CT molecular complexity index is 660. The molecular weight excluding hydrogens is 289 g/mol. The van der Waals surface area contributed by atoms with E-state index in [1.54, 1.807) is 0 Å². The first-order valence-electron chi connectivity index (χ1n) is 7.34. The van der Waals surface area contributed by atoms with Crippen LogP contribution in [0.5, 0.6) is 0 Å². The van der Waals surface area contributed by atoms with Crippen LogP contribution in [0.4, 0.5) is 18.9 Å². The van der Waals surface area contributed by atoms with Crippen molar-refractivity contribution in [3.8, 4) is 0 Å². The van der Waals surface area contributed by atoms with Crippen molar-refractivity contribution in [2.75, 3.05) is 18.0 Å². The summed E-state index contributed by atoms with van der Waals surface area (Å²) in [6.45, 7) is 1.40. The molecule has 1 aliphatic heterocycles. The van der Waals surface area contributed by atoms with E-state index >= 15 is 0 Å². The second-order valence-corrected chi connectivity index (χ2v) is 5.72. The first-order chi connectivity index (χ1) is 10.6. The number of halogens is 3. The Balaban J connectivity index is 1.80. The van der Waals surface area contributed by atoms with Crippen LogP contribution in [-0.4, -0.2) is 19.1 Å². The molecule has 0 bridgehead atoms. The summed E-state index contributed by atoms with van der Waals surface area (Å²) in [7, 11) is 0. The highest BCUT2D eigenvalue weighted by molar-refractivity contribution is 5.47. The summed E-state index contributed by atoms with van der Waals surface area (Å²) in [5.41, 5.74) is 5.43. The Labute approximate surface area is 127 Å². The molecule has 0 radical (unpaired) electrons. The van der Waals surface area contributed by atoms with Crippen molar-refractivity contribution in [3.63, 3.8) is 0 Å². The topological polar surface area (TPSA) is 30.9 Å². The first kappa shape index (κ1) is 14.9. The number of benzene rings is 2. The molecule has 2 aromatic rings. The summed E-state index contributed by atoms with van der Waals surface area (Å²) in [6.07, 6.45) is 0.658. The predicted molar refractivity (Wildman–Crippen MR) is 79.0 cm³/mol. The number of para-hydroxylation sites is 1. The fourth-order valence-electron chi connectivity index (χ4n) is 3.14. The third-order valence-electron chi connectivity index (χ3n) is 4.29. The zero-order valence-corrected chi connectivity index (χ0v) is 12.1. The quantitative estimate of drug-likeness (QED) is 0.850. The number of piperidine rings is 1. The van der Waals surface area contributed by atoms with Crippen molar-refractivity contribution in [3.05, 3.63) is 65.5 Å². The summed E-state index contributed by atoms with van der Waals surface area (Å²) in [4.78, 5) is 2.19. The normalized spacial score (nSPS) is 21.9. The monoisotopic (exact) mass is 307 g/mol. The number of rotatable bonds is 2. The molecule has 116 valence electrons. The molecule has 1 heterocycles. The Morgan fingerprint density at radius 2 is 1.64 bits per heavy atom. The summed E-state index contributed by atoms with van der Waals surface area (Å²) in [5.74, 6) is -3.04. The lowest BCUT2D eigenvalue weighted by molar-refractivity contribution is -0.424. The molecule has 0 unspecified atom stereocenters. The SMILES string of the molecule is [NH3+][C@H]1CN(c2ccccc2)CC[C@@H]1c1cc(F)c(F)cc1F. The van der Waals surface area contributed by atoms with Gasteiger partial charge in [-0.15, -0.1) is 0 Å². The molecule has 22 heavy (non-hydrogen) atoms. The number of quaternary nitrogens is 1. The molecule has 5 heteroatoms. The van der Waals surface area contributed by atoms with E-state index in [0.29, 0.717) is 19.0 Å². The van der Waals surface area contributed by atoms with E-state index in [4.69, 9.17) is 0 Å². The first-order valence-corrected chi connectivity index (χ1v) is 7.34. The molecule has 0 saturated carbocycles. The van der Waals surface area contributed by atoms with Crippen LogP contribution in [0.25, 0.3) is 0 Å². The highest BCUT2D eigenvalue weighted by Gasteiger charge is 2.33. The van der Waals surface area contributed by atoms with E-state index in [1.807, 2.05) is 30.3 Å². The second kappa shape index (κ2) is 6.01. The highest BCUT2D eigenvalue weighted by Crippen LogP contribution is 2.31. The Morgan fingerprint density at radius 1 is 0.955 bits per heavy atom. The Hall–Kier alpha value is -2.01. The van der Waals surface area contributed by atoms with E-state index in [-0.39, 0.29) is 17.5 Å². The van der Waals surface area contributed by atoms with Gasteiger partial charge in [0, 0.05) is 29.8 Å². The standard InChI is InChI=1S/C17H17F3N2/c18-14-9-16(20)15(19)8-13(14)12-6-7-22(10-17(12)21)11-4-2-1-3-5-11/h1-5,8-9,12,17H,6-7,10,21H2/p+1/t12-,17+/m1/s1. The maximum absolute atomic E-state index is 14.0. The summed E-state index contributed by atoms with van der Waals surface area (Å²) in [5, 5.41) is 0. The number of hydrogen-bond donors (Lipinski definition) is 1. The van der Waals surface area contributed by atoms with Crippen molar-refractivity contribution in [2.24, 2.45) is 0 Å². The van der Waals surface area contributed by atoms with Gasteiger partial charge >= 0.3 is 0 Å². The third-order valence-corrected chi connectivity index (χ3v) is 4.29. The molecule has 1 aliphatic rings. The van der Waals surface area contributed by atoms with Crippen molar-refractivity contribution >= 4 is 5.69 Å². The van der Waals surface area contributed by atoms with Crippen molar-refractivity contribution in [1.29, 1.82) is 0 Å². The van der Waals surface area contributed by atoms with E-state index in [0.717, 1.165) is 18.3 Å². The van der Waals surface area contributed by atoms with Crippen LogP contribution >= 0.6 is 0 Å². The summed E-state index contributed by atoms with van der Waals surface area (Å²) in [6, 6.07) is 11.4. The van der Waals surface area contributed by atoms with E-state index in [1.165, 1.54) is 0 Å². The molecule has 3 N–H and O–H groups in total. The minimum Gasteiger partial charge on any atom is -0.366 e. The second-order valence-electron chi connectivity index (χ2n) is 5.72. The summed E-state index contributed by atoms with van der Waals surface area (Å²) < 4.78 is 40.4. The van der Waals surface area contributed by atoms with Crippen LogP contribution in [-0.2, 0) is 0 Å². The fraction of sp³-hybridized carbons (Fsp3) is 0.294. The number of anilines is 1. The lowest BCUT2D eigenvalue weighted by Crippen LogP contribution is -2.69. The molecule has 0 aliphatic carbocycles. The van der Waals surface area contributed by atoms with Gasteiger partial charge in [0.15, 0.2) is 11.6 Å². The van der Waals surface area contributed by atoms with Gasteiger partial charge in [-0.1, -0.05) is 18.2 Å². The van der Waals surface area contributed by atoms with Gasteiger partial charge in [0.25, 0.3) is 0 Å². The van der Waals surface area contributed by atoms with Crippen molar-refractivity contribution in [2.45, 2.75) is 18.4 Å². The van der Waals surface area contributed by atoms with Crippen LogP contribution in [0.1, 0.15) is 17.9 Å². The summed E-state index contributed by atoms with van der Waals surface area (Å²) >= 11 is 0. The van der Waals surface area contributed by atoms with Gasteiger partial charge in [0.1, 0.15) is 11.9 Å². The molecule has 3 rings (SSSR count). The van der Waals surface area contributed by atoms with Gasteiger partial charge in [0.2, 0.25) is 0 Å². The molecule has 2 aromatic carbocycles. The average Bonchev–Trinajstić information content (AvgIpc) is 2.52. The van der Waals surface area contributed by atoms with E-state index in [2.05, 4.69) is 10.6 Å². The van der Waals surface area contributed by atoms with Gasteiger partial charge < -0.3 is 10.6 Å². The van der Waals surface area contributed by atoms with Crippen LogP contribution in [0.2, 0.25) is 0 Å². The lowest BCUT2D eigenvalue weighted by atomic mass is 9.85. The molecular formula is C17H18F3N2+. The van der Waals surface area contributed by atoms with Crippen LogP contribution < -0.4 is 10.6 Å². The molecule has 1 fully saturated rings. The van der Waals surface area contributed by atoms with Gasteiger partial charge in [-0.05, 0) is 24.6 Å². The minimum absolute atomic E-state index is 0.0895. The third kappa shape index (κ3) is 2.81. The molecule has 0 amide bonds. The number of hydrogen-bond acceptors (Lipinski definition) is 1. The van der Waals surface area contributed by atoms with Gasteiger partial charge in [-0.3, -0.25) is 0 Å². The number of nitrogens with zero attached hydrogens (tertiary/aromatic N) is 1. The zero-order chi connectivity index (χ0) is 15.7. The zero-order valence-electron chi connectivity index (χ0n) is 12.1. The predicted octanol–water partition coefficient (Wildman–Crippen LogP) is 2.71. The maximum atomic E-state index is 14.0. The molecule has 0 spiro atoms. The smallest absolute Gasteiger partial charge is 0.161 e. The van der Waals surface area contributed by atoms with Gasteiger partial charge in [-0.2, -0.15) is 0 Å². The van der Waals surface area contributed by atoms with Crippen LogP contribution in [0.3, 0.4) is 0 Å². The largest absolute Gasteiger partial charge is 0.366 e. The van der Waals surface area contributed by atoms with E-state index < -0.39 is 17.5 Å². The van der Waals surface area contributed by atoms with Crippen molar-refractivity contribution in [1.82, 2.24) is 0 Å². The maximum Gasteiger partial charge on any atom is 0.161 e. The minimum atomic E-state index is -1.15.